The standard InChI is InChI=1S/C26H30FNO3/c1-17-12-19(5-10-25(17)27)4-3-11-31-23-8-9-24-18(2)21(7-6-20(24)13-23)14-28-15-22(16-28)26(29)30/h5,8-10,12-13,22H,3-4,6-7,11,14-16H2,1-2H3,(H,29,30). The minimum atomic E-state index is -0.684. The molecule has 0 unspecified atom stereocenters. The summed E-state index contributed by atoms with van der Waals surface area (Å²) in [7, 11) is 0. The van der Waals surface area contributed by atoms with Crippen LogP contribution in [-0.2, 0) is 17.6 Å². The number of carboxylic acid groups (broad SMARTS) is 1. The van der Waals surface area contributed by atoms with E-state index < -0.39 is 5.97 Å². The first-order valence-electron chi connectivity index (χ1n) is 11.1. The number of hydrogen-bond acceptors (Lipinski definition) is 3. The van der Waals surface area contributed by atoms with Crippen molar-refractivity contribution < 1.29 is 19.0 Å². The van der Waals surface area contributed by atoms with Gasteiger partial charge in [-0.25, -0.2) is 4.39 Å². The van der Waals surface area contributed by atoms with Crippen molar-refractivity contribution in [3.8, 4) is 5.75 Å². The van der Waals surface area contributed by atoms with E-state index >= 15 is 0 Å². The molecule has 0 bridgehead atoms. The quantitative estimate of drug-likeness (QED) is 0.615. The normalized spacial score (nSPS) is 16.7. The SMILES string of the molecule is CC1=C(CN2CC(C(=O)O)C2)CCc2cc(OCCCc3ccc(F)c(C)c3)ccc21. The van der Waals surface area contributed by atoms with Crippen LogP contribution in [0.2, 0.25) is 0 Å². The van der Waals surface area contributed by atoms with Crippen LogP contribution < -0.4 is 4.74 Å². The first-order chi connectivity index (χ1) is 14.9. The molecule has 0 saturated carbocycles. The van der Waals surface area contributed by atoms with Gasteiger partial charge in [0.05, 0.1) is 12.5 Å². The molecule has 1 heterocycles. The molecule has 1 saturated heterocycles. The Balaban J connectivity index is 1.30. The molecule has 4 nitrogen and oxygen atoms in total. The maximum absolute atomic E-state index is 13.4. The van der Waals surface area contributed by atoms with Gasteiger partial charge in [-0.05, 0) is 85.6 Å². The number of rotatable bonds is 8. The Morgan fingerprint density at radius 1 is 1.16 bits per heavy atom. The summed E-state index contributed by atoms with van der Waals surface area (Å²) in [4.78, 5) is 13.2. The van der Waals surface area contributed by atoms with Crippen molar-refractivity contribution >= 4 is 11.5 Å². The summed E-state index contributed by atoms with van der Waals surface area (Å²) in [5, 5.41) is 9.06. The largest absolute Gasteiger partial charge is 0.494 e. The molecule has 31 heavy (non-hydrogen) atoms. The number of hydrogen-bond donors (Lipinski definition) is 1. The summed E-state index contributed by atoms with van der Waals surface area (Å²) in [6, 6.07) is 11.6. The first kappa shape index (κ1) is 21.6. The van der Waals surface area contributed by atoms with Gasteiger partial charge in [-0.1, -0.05) is 23.8 Å². The number of fused-ring (bicyclic) bond motifs is 1. The molecule has 4 rings (SSSR count). The van der Waals surface area contributed by atoms with Crippen LogP contribution >= 0.6 is 0 Å². The molecule has 5 heteroatoms. The second kappa shape index (κ2) is 9.23. The van der Waals surface area contributed by atoms with Crippen molar-refractivity contribution in [2.24, 2.45) is 5.92 Å². The molecule has 2 aromatic rings. The van der Waals surface area contributed by atoms with Gasteiger partial charge in [0.25, 0.3) is 0 Å². The third-order valence-corrected chi connectivity index (χ3v) is 6.53. The Labute approximate surface area is 183 Å². The molecule has 0 atom stereocenters. The van der Waals surface area contributed by atoms with Crippen molar-refractivity contribution in [1.82, 2.24) is 4.90 Å². The molecule has 1 aliphatic heterocycles. The number of likely N-dealkylation sites (tertiary alicyclic amines) is 1. The van der Waals surface area contributed by atoms with E-state index in [1.165, 1.54) is 28.3 Å². The number of aryl methyl sites for hydroxylation is 3. The van der Waals surface area contributed by atoms with E-state index in [-0.39, 0.29) is 11.7 Å². The van der Waals surface area contributed by atoms with E-state index in [0.29, 0.717) is 25.3 Å². The summed E-state index contributed by atoms with van der Waals surface area (Å²) in [6.45, 7) is 6.78. The lowest BCUT2D eigenvalue weighted by Gasteiger charge is -2.38. The van der Waals surface area contributed by atoms with Crippen LogP contribution in [0.4, 0.5) is 4.39 Å². The number of aliphatic carboxylic acids is 1. The molecular weight excluding hydrogens is 393 g/mol. The highest BCUT2D eigenvalue weighted by atomic mass is 19.1. The highest BCUT2D eigenvalue weighted by molar-refractivity contribution is 5.73. The fourth-order valence-electron chi connectivity index (χ4n) is 4.55. The highest BCUT2D eigenvalue weighted by Gasteiger charge is 2.33. The van der Waals surface area contributed by atoms with E-state index in [0.717, 1.165) is 43.5 Å². The molecule has 0 aromatic heterocycles. The van der Waals surface area contributed by atoms with Crippen molar-refractivity contribution in [2.75, 3.05) is 26.2 Å². The van der Waals surface area contributed by atoms with Gasteiger partial charge in [0.15, 0.2) is 0 Å². The molecule has 0 amide bonds. The van der Waals surface area contributed by atoms with Gasteiger partial charge in [-0.3, -0.25) is 9.69 Å². The predicted molar refractivity (Wildman–Crippen MR) is 120 cm³/mol. The Kier molecular flexibility index (Phi) is 6.42. The van der Waals surface area contributed by atoms with Crippen LogP contribution in [-0.4, -0.2) is 42.2 Å². The van der Waals surface area contributed by atoms with Crippen molar-refractivity contribution in [3.05, 3.63) is 70.0 Å². The van der Waals surface area contributed by atoms with Crippen LogP contribution in [0.15, 0.2) is 42.0 Å². The van der Waals surface area contributed by atoms with Gasteiger partial charge in [-0.2, -0.15) is 0 Å². The number of allylic oxidation sites excluding steroid dienone is 1. The van der Waals surface area contributed by atoms with E-state index in [1.54, 1.807) is 6.92 Å². The minimum absolute atomic E-state index is 0.157. The molecule has 164 valence electrons. The zero-order valence-electron chi connectivity index (χ0n) is 18.3. The zero-order valence-corrected chi connectivity index (χ0v) is 18.3. The molecular formula is C26H30FNO3. The fraction of sp³-hybridized carbons (Fsp3) is 0.423. The fourth-order valence-corrected chi connectivity index (χ4v) is 4.55. The van der Waals surface area contributed by atoms with E-state index in [2.05, 4.69) is 24.0 Å². The monoisotopic (exact) mass is 423 g/mol. The molecule has 1 fully saturated rings. The van der Waals surface area contributed by atoms with Gasteiger partial charge in [0.1, 0.15) is 11.6 Å². The third-order valence-electron chi connectivity index (χ3n) is 6.53. The van der Waals surface area contributed by atoms with Gasteiger partial charge in [-0.15, -0.1) is 0 Å². The summed E-state index contributed by atoms with van der Waals surface area (Å²) in [5.41, 5.74) is 7.16. The lowest BCUT2D eigenvalue weighted by molar-refractivity contribution is -0.147. The number of halogens is 1. The first-order valence-corrected chi connectivity index (χ1v) is 11.1. The molecule has 0 spiro atoms. The number of carboxylic acids is 1. The molecule has 2 aliphatic rings. The second-order valence-electron chi connectivity index (χ2n) is 8.81. The summed E-state index contributed by atoms with van der Waals surface area (Å²) >= 11 is 0. The van der Waals surface area contributed by atoms with Gasteiger partial charge in [0.2, 0.25) is 0 Å². The van der Waals surface area contributed by atoms with Crippen LogP contribution in [0.3, 0.4) is 0 Å². The van der Waals surface area contributed by atoms with Crippen LogP contribution in [0.1, 0.15) is 42.0 Å². The van der Waals surface area contributed by atoms with Gasteiger partial charge in [0, 0.05) is 19.6 Å². The lowest BCUT2D eigenvalue weighted by Crippen LogP contribution is -2.50. The van der Waals surface area contributed by atoms with Gasteiger partial charge < -0.3 is 9.84 Å². The third kappa shape index (κ3) is 4.99. The smallest absolute Gasteiger partial charge is 0.309 e. The van der Waals surface area contributed by atoms with Crippen molar-refractivity contribution in [3.63, 3.8) is 0 Å². The predicted octanol–water partition coefficient (Wildman–Crippen LogP) is 4.88. The number of carbonyl (C=O) groups is 1. The molecule has 0 radical (unpaired) electrons. The Morgan fingerprint density at radius 2 is 1.97 bits per heavy atom. The Morgan fingerprint density at radius 3 is 2.71 bits per heavy atom. The van der Waals surface area contributed by atoms with Crippen LogP contribution in [0, 0.1) is 18.7 Å². The lowest BCUT2D eigenvalue weighted by atomic mass is 9.85. The maximum atomic E-state index is 13.4. The van der Waals surface area contributed by atoms with E-state index in [4.69, 9.17) is 9.84 Å². The number of ether oxygens (including phenoxy) is 1. The Bertz CT molecular complexity index is 1010. The van der Waals surface area contributed by atoms with E-state index in [9.17, 15) is 9.18 Å². The van der Waals surface area contributed by atoms with Crippen LogP contribution in [0.25, 0.3) is 5.57 Å². The number of benzene rings is 2. The number of nitrogens with zero attached hydrogens (tertiary/aromatic N) is 1. The zero-order chi connectivity index (χ0) is 22.0. The highest BCUT2D eigenvalue weighted by Crippen LogP contribution is 2.34. The van der Waals surface area contributed by atoms with Crippen molar-refractivity contribution in [1.29, 1.82) is 0 Å². The molecule has 1 aliphatic carbocycles. The van der Waals surface area contributed by atoms with E-state index in [1.807, 2.05) is 18.2 Å². The molecule has 1 N–H and O–H groups in total. The molecule has 2 aromatic carbocycles. The average Bonchev–Trinajstić information content (AvgIpc) is 2.71. The second-order valence-corrected chi connectivity index (χ2v) is 8.81. The average molecular weight is 424 g/mol. The van der Waals surface area contributed by atoms with Crippen molar-refractivity contribution in [2.45, 2.75) is 39.5 Å². The van der Waals surface area contributed by atoms with Crippen LogP contribution in [0.5, 0.6) is 5.75 Å². The summed E-state index contributed by atoms with van der Waals surface area (Å²) in [6.07, 6.45) is 3.76. The Hall–Kier alpha value is -2.66. The summed E-state index contributed by atoms with van der Waals surface area (Å²) < 4.78 is 19.4. The maximum Gasteiger partial charge on any atom is 0.309 e. The topological polar surface area (TPSA) is 49.8 Å². The van der Waals surface area contributed by atoms with Gasteiger partial charge >= 0.3 is 5.97 Å². The summed E-state index contributed by atoms with van der Waals surface area (Å²) in [5.74, 6) is -0.145. The minimum Gasteiger partial charge on any atom is -0.494 e.